The number of nitrogens with zero attached hydrogens (tertiary/aromatic N) is 1. The van der Waals surface area contributed by atoms with Gasteiger partial charge in [0.1, 0.15) is 0 Å². The van der Waals surface area contributed by atoms with Crippen LogP contribution in [0.1, 0.15) is 24.2 Å². The maximum Gasteiger partial charge on any atom is 0.195 e. The summed E-state index contributed by atoms with van der Waals surface area (Å²) in [7, 11) is 3.30. The number of carbonyl (C=O) groups excluding carboxylic acids is 1. The SMILES string of the molecule is CN(C)C(C)(C)C(=O)c1ccc(F)c(F)c1F. The number of Topliss-reactive ketones (excluding diaryl/α,β-unsaturated/α-hetero) is 1. The first-order chi connectivity index (χ1) is 7.69. The highest BCUT2D eigenvalue weighted by atomic mass is 19.2. The fourth-order valence-electron chi connectivity index (χ4n) is 1.23. The third kappa shape index (κ3) is 2.34. The molecule has 0 amide bonds. The van der Waals surface area contributed by atoms with Gasteiger partial charge in [0.15, 0.2) is 23.2 Å². The van der Waals surface area contributed by atoms with E-state index in [0.717, 1.165) is 12.1 Å². The molecule has 0 aromatic heterocycles. The van der Waals surface area contributed by atoms with Crippen LogP contribution in [0.2, 0.25) is 0 Å². The lowest BCUT2D eigenvalue weighted by atomic mass is 9.91. The van der Waals surface area contributed by atoms with E-state index < -0.39 is 34.3 Å². The molecule has 0 saturated heterocycles. The highest BCUT2D eigenvalue weighted by molar-refractivity contribution is 6.02. The quantitative estimate of drug-likeness (QED) is 0.602. The molecule has 0 unspecified atom stereocenters. The van der Waals surface area contributed by atoms with Crippen molar-refractivity contribution in [1.29, 1.82) is 0 Å². The Morgan fingerprint density at radius 1 is 1.12 bits per heavy atom. The van der Waals surface area contributed by atoms with Crippen molar-refractivity contribution in [2.24, 2.45) is 0 Å². The number of benzene rings is 1. The summed E-state index contributed by atoms with van der Waals surface area (Å²) in [5.41, 5.74) is -1.44. The van der Waals surface area contributed by atoms with E-state index >= 15 is 0 Å². The third-order valence-electron chi connectivity index (χ3n) is 2.95. The molecule has 0 spiro atoms. The summed E-state index contributed by atoms with van der Waals surface area (Å²) in [6.45, 7) is 3.16. The minimum atomic E-state index is -1.62. The second kappa shape index (κ2) is 4.49. The number of hydrogen-bond acceptors (Lipinski definition) is 2. The molecule has 5 heteroatoms. The zero-order valence-corrected chi connectivity index (χ0v) is 10.1. The topological polar surface area (TPSA) is 20.3 Å². The van der Waals surface area contributed by atoms with Crippen LogP contribution >= 0.6 is 0 Å². The first-order valence-corrected chi connectivity index (χ1v) is 5.05. The van der Waals surface area contributed by atoms with E-state index in [1.807, 2.05) is 0 Å². The molecule has 1 aromatic carbocycles. The minimum Gasteiger partial charge on any atom is -0.297 e. The van der Waals surface area contributed by atoms with Gasteiger partial charge in [0, 0.05) is 0 Å². The molecule has 0 fully saturated rings. The molecule has 0 aliphatic rings. The van der Waals surface area contributed by atoms with Gasteiger partial charge in [-0.15, -0.1) is 0 Å². The molecule has 0 heterocycles. The van der Waals surface area contributed by atoms with Crippen LogP contribution in [0.3, 0.4) is 0 Å². The lowest BCUT2D eigenvalue weighted by Crippen LogP contribution is -2.46. The van der Waals surface area contributed by atoms with Crippen LogP contribution in [0, 0.1) is 17.5 Å². The number of carbonyl (C=O) groups is 1. The average molecular weight is 245 g/mol. The number of halogens is 3. The predicted molar refractivity (Wildman–Crippen MR) is 58.4 cm³/mol. The monoisotopic (exact) mass is 245 g/mol. The van der Waals surface area contributed by atoms with Crippen molar-refractivity contribution in [2.75, 3.05) is 14.1 Å². The van der Waals surface area contributed by atoms with E-state index in [-0.39, 0.29) is 0 Å². The molecule has 94 valence electrons. The molecular weight excluding hydrogens is 231 g/mol. The van der Waals surface area contributed by atoms with Crippen molar-refractivity contribution in [3.05, 3.63) is 35.1 Å². The molecule has 0 bridgehead atoms. The second-order valence-corrected chi connectivity index (χ2v) is 4.51. The van der Waals surface area contributed by atoms with Crippen molar-refractivity contribution in [2.45, 2.75) is 19.4 Å². The maximum atomic E-state index is 13.5. The van der Waals surface area contributed by atoms with Gasteiger partial charge < -0.3 is 0 Å². The zero-order chi connectivity index (χ0) is 13.4. The van der Waals surface area contributed by atoms with Crippen LogP contribution in [0.25, 0.3) is 0 Å². The molecule has 1 rings (SSSR count). The van der Waals surface area contributed by atoms with E-state index in [9.17, 15) is 18.0 Å². The first kappa shape index (κ1) is 13.7. The van der Waals surface area contributed by atoms with Crippen molar-refractivity contribution in [1.82, 2.24) is 4.90 Å². The van der Waals surface area contributed by atoms with Gasteiger partial charge in [0.05, 0.1) is 11.1 Å². The number of ketones is 1. The average Bonchev–Trinajstić information content (AvgIpc) is 2.25. The molecule has 2 nitrogen and oxygen atoms in total. The summed E-state index contributed by atoms with van der Waals surface area (Å²) >= 11 is 0. The molecule has 0 aliphatic heterocycles. The highest BCUT2D eigenvalue weighted by Gasteiger charge is 2.33. The third-order valence-corrected chi connectivity index (χ3v) is 2.95. The minimum absolute atomic E-state index is 0.442. The van der Waals surface area contributed by atoms with Crippen LogP contribution in [-0.4, -0.2) is 30.3 Å². The Kier molecular flexibility index (Phi) is 3.62. The normalized spacial score (nSPS) is 12.0. The van der Waals surface area contributed by atoms with Crippen LogP contribution in [0.4, 0.5) is 13.2 Å². The summed E-state index contributed by atoms with van der Waals surface area (Å²) in [5.74, 6) is -4.96. The van der Waals surface area contributed by atoms with E-state index in [4.69, 9.17) is 0 Å². The molecule has 0 N–H and O–H groups in total. The van der Waals surface area contributed by atoms with Gasteiger partial charge in [-0.25, -0.2) is 13.2 Å². The van der Waals surface area contributed by atoms with Gasteiger partial charge in [0.25, 0.3) is 0 Å². The van der Waals surface area contributed by atoms with Gasteiger partial charge in [-0.2, -0.15) is 0 Å². The van der Waals surface area contributed by atoms with Crippen LogP contribution < -0.4 is 0 Å². The van der Waals surface area contributed by atoms with Crippen LogP contribution in [0.15, 0.2) is 12.1 Å². The number of likely N-dealkylation sites (N-methyl/N-ethyl adjacent to an activating group) is 1. The fraction of sp³-hybridized carbons (Fsp3) is 0.417. The van der Waals surface area contributed by atoms with Gasteiger partial charge in [-0.05, 0) is 40.1 Å². The lowest BCUT2D eigenvalue weighted by molar-refractivity contribution is 0.0749. The Balaban J connectivity index is 3.28. The molecule has 0 aliphatic carbocycles. The molecule has 17 heavy (non-hydrogen) atoms. The summed E-state index contributed by atoms with van der Waals surface area (Å²) < 4.78 is 39.2. The van der Waals surface area contributed by atoms with Crippen molar-refractivity contribution >= 4 is 5.78 Å². The lowest BCUT2D eigenvalue weighted by Gasteiger charge is -2.31. The molecule has 0 atom stereocenters. The molecule has 0 saturated carbocycles. The highest BCUT2D eigenvalue weighted by Crippen LogP contribution is 2.22. The van der Waals surface area contributed by atoms with Gasteiger partial charge in [0.2, 0.25) is 0 Å². The fourth-order valence-corrected chi connectivity index (χ4v) is 1.23. The Bertz CT molecular complexity index is 455. The number of rotatable bonds is 3. The van der Waals surface area contributed by atoms with E-state index in [0.29, 0.717) is 0 Å². The van der Waals surface area contributed by atoms with Gasteiger partial charge in [-0.3, -0.25) is 9.69 Å². The van der Waals surface area contributed by atoms with Crippen LogP contribution in [0.5, 0.6) is 0 Å². The Hall–Kier alpha value is -1.36. The van der Waals surface area contributed by atoms with Crippen molar-refractivity contribution in [3.8, 4) is 0 Å². The largest absolute Gasteiger partial charge is 0.297 e. The standard InChI is InChI=1S/C12H14F3NO/c1-12(2,16(3)4)11(17)7-5-6-8(13)10(15)9(7)14/h5-6H,1-4H3. The van der Waals surface area contributed by atoms with E-state index in [1.54, 1.807) is 32.8 Å². The predicted octanol–water partition coefficient (Wildman–Crippen LogP) is 2.63. The first-order valence-electron chi connectivity index (χ1n) is 5.05. The second-order valence-electron chi connectivity index (χ2n) is 4.51. The van der Waals surface area contributed by atoms with E-state index in [1.165, 1.54) is 0 Å². The summed E-state index contributed by atoms with van der Waals surface area (Å²) in [4.78, 5) is 13.6. The summed E-state index contributed by atoms with van der Waals surface area (Å²) in [5, 5.41) is 0. The summed E-state index contributed by atoms with van der Waals surface area (Å²) in [6, 6.07) is 1.71. The summed E-state index contributed by atoms with van der Waals surface area (Å²) in [6.07, 6.45) is 0. The zero-order valence-electron chi connectivity index (χ0n) is 10.1. The Labute approximate surface area is 98.0 Å². The van der Waals surface area contributed by atoms with Crippen LogP contribution in [-0.2, 0) is 0 Å². The van der Waals surface area contributed by atoms with Gasteiger partial charge >= 0.3 is 0 Å². The molecule has 0 radical (unpaired) electrons. The molecular formula is C12H14F3NO. The molecule has 1 aromatic rings. The van der Waals surface area contributed by atoms with Crippen molar-refractivity contribution < 1.29 is 18.0 Å². The number of hydrogen-bond donors (Lipinski definition) is 0. The maximum absolute atomic E-state index is 13.5. The van der Waals surface area contributed by atoms with Crippen molar-refractivity contribution in [3.63, 3.8) is 0 Å². The van der Waals surface area contributed by atoms with E-state index in [2.05, 4.69) is 0 Å². The van der Waals surface area contributed by atoms with Gasteiger partial charge in [-0.1, -0.05) is 0 Å². The Morgan fingerprint density at radius 2 is 1.65 bits per heavy atom. The smallest absolute Gasteiger partial charge is 0.195 e. The Morgan fingerprint density at radius 3 is 2.12 bits per heavy atom.